The summed E-state index contributed by atoms with van der Waals surface area (Å²) in [5, 5.41) is 17.7. The second-order valence-electron chi connectivity index (χ2n) is 4.27. The van der Waals surface area contributed by atoms with Crippen LogP contribution in [0.3, 0.4) is 0 Å². The molecule has 8 nitrogen and oxygen atoms in total. The van der Waals surface area contributed by atoms with Crippen LogP contribution in [0.1, 0.15) is 5.82 Å². The number of nitro groups is 1. The zero-order valence-electron chi connectivity index (χ0n) is 11.5. The average molecular weight is 295 g/mol. The van der Waals surface area contributed by atoms with E-state index in [1.54, 1.807) is 18.1 Å². The Morgan fingerprint density at radius 1 is 1.52 bits per heavy atom. The summed E-state index contributed by atoms with van der Waals surface area (Å²) in [4.78, 5) is 14.1. The number of anilines is 1. The molecule has 9 heteroatoms. The SMILES string of the molecule is COc1cc(NCCc2ncn(C)n2)c(F)cc1[N+](=O)[O-]. The fourth-order valence-corrected chi connectivity index (χ4v) is 1.79. The van der Waals surface area contributed by atoms with E-state index < -0.39 is 16.4 Å². The molecule has 0 fully saturated rings. The highest BCUT2D eigenvalue weighted by molar-refractivity contribution is 5.59. The van der Waals surface area contributed by atoms with E-state index in [-0.39, 0.29) is 11.4 Å². The fraction of sp³-hybridized carbons (Fsp3) is 0.333. The van der Waals surface area contributed by atoms with Crippen molar-refractivity contribution in [2.24, 2.45) is 7.05 Å². The number of halogens is 1. The first-order chi connectivity index (χ1) is 10.0. The molecule has 0 saturated carbocycles. The molecule has 112 valence electrons. The van der Waals surface area contributed by atoms with Crippen molar-refractivity contribution >= 4 is 11.4 Å². The van der Waals surface area contributed by atoms with Crippen molar-refractivity contribution in [1.29, 1.82) is 0 Å². The van der Waals surface area contributed by atoms with Crippen molar-refractivity contribution in [3.8, 4) is 5.75 Å². The molecule has 1 aromatic heterocycles. The first-order valence-corrected chi connectivity index (χ1v) is 6.11. The Morgan fingerprint density at radius 2 is 2.29 bits per heavy atom. The molecule has 1 N–H and O–H groups in total. The predicted molar refractivity (Wildman–Crippen MR) is 72.8 cm³/mol. The standard InChI is InChI=1S/C12H14FN5O3/c1-17-7-15-12(16-17)3-4-14-9-6-11(21-2)10(18(19)20)5-8(9)13/h5-7,14H,3-4H2,1-2H3. The maximum absolute atomic E-state index is 13.8. The Balaban J connectivity index is 2.07. The number of methoxy groups -OCH3 is 1. The zero-order valence-corrected chi connectivity index (χ0v) is 11.5. The highest BCUT2D eigenvalue weighted by atomic mass is 19.1. The Kier molecular flexibility index (Phi) is 4.31. The minimum atomic E-state index is -0.712. The minimum absolute atomic E-state index is 0.000129. The number of aromatic nitrogens is 3. The minimum Gasteiger partial charge on any atom is -0.490 e. The first kappa shape index (κ1) is 14.7. The lowest BCUT2D eigenvalue weighted by Gasteiger charge is -2.09. The van der Waals surface area contributed by atoms with E-state index in [0.29, 0.717) is 18.8 Å². The molecule has 1 heterocycles. The lowest BCUT2D eigenvalue weighted by Crippen LogP contribution is -2.08. The molecule has 0 spiro atoms. The Labute approximate surface area is 119 Å². The van der Waals surface area contributed by atoms with E-state index in [2.05, 4.69) is 15.4 Å². The molecule has 0 aliphatic carbocycles. The van der Waals surface area contributed by atoms with Crippen LogP contribution in [0, 0.1) is 15.9 Å². The molecule has 0 aliphatic rings. The summed E-state index contributed by atoms with van der Waals surface area (Å²) in [6.07, 6.45) is 2.07. The van der Waals surface area contributed by atoms with Gasteiger partial charge in [0.2, 0.25) is 0 Å². The van der Waals surface area contributed by atoms with E-state index in [9.17, 15) is 14.5 Å². The second-order valence-corrected chi connectivity index (χ2v) is 4.27. The number of nitro benzene ring substituents is 1. The summed E-state index contributed by atoms with van der Waals surface area (Å²) in [5.41, 5.74) is -0.277. The van der Waals surface area contributed by atoms with E-state index in [4.69, 9.17) is 4.74 Å². The molecule has 0 bridgehead atoms. The number of hydrogen-bond donors (Lipinski definition) is 1. The average Bonchev–Trinajstić information content (AvgIpc) is 2.85. The molecule has 2 aromatic rings. The highest BCUT2D eigenvalue weighted by Crippen LogP contribution is 2.32. The fourth-order valence-electron chi connectivity index (χ4n) is 1.79. The van der Waals surface area contributed by atoms with Crippen molar-refractivity contribution < 1.29 is 14.1 Å². The van der Waals surface area contributed by atoms with Gasteiger partial charge in [0.25, 0.3) is 0 Å². The lowest BCUT2D eigenvalue weighted by atomic mass is 10.2. The molecule has 0 atom stereocenters. The van der Waals surface area contributed by atoms with Crippen molar-refractivity contribution in [3.05, 3.63) is 40.2 Å². The largest absolute Gasteiger partial charge is 0.490 e. The third-order valence-corrected chi connectivity index (χ3v) is 2.78. The number of nitrogens with zero attached hydrogens (tertiary/aromatic N) is 4. The molecule has 0 amide bonds. The van der Waals surface area contributed by atoms with Gasteiger partial charge in [-0.2, -0.15) is 5.10 Å². The number of ether oxygens (including phenoxy) is 1. The molecular weight excluding hydrogens is 281 g/mol. The van der Waals surface area contributed by atoms with Gasteiger partial charge >= 0.3 is 5.69 Å². The molecule has 2 rings (SSSR count). The quantitative estimate of drug-likeness (QED) is 0.641. The monoisotopic (exact) mass is 295 g/mol. The Morgan fingerprint density at radius 3 is 2.86 bits per heavy atom. The van der Waals surface area contributed by atoms with Crippen LogP contribution in [0.15, 0.2) is 18.5 Å². The topological polar surface area (TPSA) is 95.1 Å². The van der Waals surface area contributed by atoms with Gasteiger partial charge in [0.05, 0.1) is 23.8 Å². The first-order valence-electron chi connectivity index (χ1n) is 6.11. The van der Waals surface area contributed by atoms with Crippen LogP contribution in [0.5, 0.6) is 5.75 Å². The Hall–Kier alpha value is -2.71. The summed E-state index contributed by atoms with van der Waals surface area (Å²) < 4.78 is 20.3. The maximum Gasteiger partial charge on any atom is 0.313 e. The van der Waals surface area contributed by atoms with Crippen molar-refractivity contribution in [3.63, 3.8) is 0 Å². The summed E-state index contributed by atoms with van der Waals surface area (Å²) in [7, 11) is 3.05. The zero-order chi connectivity index (χ0) is 15.4. The third kappa shape index (κ3) is 3.44. The van der Waals surface area contributed by atoms with Gasteiger partial charge < -0.3 is 10.1 Å². The van der Waals surface area contributed by atoms with Crippen molar-refractivity contribution in [2.75, 3.05) is 19.0 Å². The molecule has 21 heavy (non-hydrogen) atoms. The number of hydrogen-bond acceptors (Lipinski definition) is 6. The number of aryl methyl sites for hydroxylation is 1. The van der Waals surface area contributed by atoms with Gasteiger partial charge in [0, 0.05) is 26.1 Å². The third-order valence-electron chi connectivity index (χ3n) is 2.78. The van der Waals surface area contributed by atoms with Crippen LogP contribution in [0.2, 0.25) is 0 Å². The number of rotatable bonds is 6. The molecule has 0 saturated heterocycles. The van der Waals surface area contributed by atoms with E-state index >= 15 is 0 Å². The molecule has 0 radical (unpaired) electrons. The van der Waals surface area contributed by atoms with E-state index in [1.165, 1.54) is 13.2 Å². The van der Waals surface area contributed by atoms with Crippen molar-refractivity contribution in [1.82, 2.24) is 14.8 Å². The predicted octanol–water partition coefficient (Wildman–Crippen LogP) is 1.53. The smallest absolute Gasteiger partial charge is 0.313 e. The molecule has 0 unspecified atom stereocenters. The normalized spacial score (nSPS) is 10.4. The van der Waals surface area contributed by atoms with Gasteiger partial charge in [-0.3, -0.25) is 14.8 Å². The van der Waals surface area contributed by atoms with Crippen LogP contribution in [-0.2, 0) is 13.5 Å². The molecular formula is C12H14FN5O3. The lowest BCUT2D eigenvalue weighted by molar-refractivity contribution is -0.385. The van der Waals surface area contributed by atoms with Crippen LogP contribution >= 0.6 is 0 Å². The van der Waals surface area contributed by atoms with Gasteiger partial charge in [0.15, 0.2) is 17.4 Å². The molecule has 1 aromatic carbocycles. The summed E-state index contributed by atoms with van der Waals surface area (Å²) in [5.74, 6) is -0.0874. The summed E-state index contributed by atoms with van der Waals surface area (Å²) in [6.45, 7) is 0.391. The summed E-state index contributed by atoms with van der Waals surface area (Å²) in [6, 6.07) is 2.10. The van der Waals surface area contributed by atoms with Crippen LogP contribution in [0.4, 0.5) is 15.8 Å². The maximum atomic E-state index is 13.8. The van der Waals surface area contributed by atoms with Crippen molar-refractivity contribution in [2.45, 2.75) is 6.42 Å². The second kappa shape index (κ2) is 6.16. The van der Waals surface area contributed by atoms with Crippen LogP contribution in [-0.4, -0.2) is 33.3 Å². The van der Waals surface area contributed by atoms with Gasteiger partial charge in [-0.1, -0.05) is 0 Å². The van der Waals surface area contributed by atoms with Gasteiger partial charge in [0.1, 0.15) is 6.33 Å². The number of nitrogens with one attached hydrogen (secondary N) is 1. The van der Waals surface area contributed by atoms with Gasteiger partial charge in [-0.15, -0.1) is 0 Å². The highest BCUT2D eigenvalue weighted by Gasteiger charge is 2.19. The number of benzene rings is 1. The van der Waals surface area contributed by atoms with Gasteiger partial charge in [-0.25, -0.2) is 9.37 Å². The summed E-state index contributed by atoms with van der Waals surface area (Å²) >= 11 is 0. The van der Waals surface area contributed by atoms with Gasteiger partial charge in [-0.05, 0) is 0 Å². The van der Waals surface area contributed by atoms with E-state index in [1.807, 2.05) is 0 Å². The Bertz CT molecular complexity index is 658. The molecule has 0 aliphatic heterocycles. The van der Waals surface area contributed by atoms with Crippen LogP contribution < -0.4 is 10.1 Å². The van der Waals surface area contributed by atoms with E-state index in [0.717, 1.165) is 6.07 Å². The van der Waals surface area contributed by atoms with Crippen LogP contribution in [0.25, 0.3) is 0 Å².